The Morgan fingerprint density at radius 3 is 2.74 bits per heavy atom. The average molecular weight is 343 g/mol. The van der Waals surface area contributed by atoms with Gasteiger partial charge in [-0.25, -0.2) is 9.97 Å². The molecule has 4 nitrogen and oxygen atoms in total. The van der Waals surface area contributed by atoms with Crippen LogP contribution in [0.5, 0.6) is 0 Å². The minimum absolute atomic E-state index is 0.0628. The minimum atomic E-state index is -0.0628. The predicted molar refractivity (Wildman–Crippen MR) is 94.9 cm³/mol. The van der Waals surface area contributed by atoms with Crippen LogP contribution in [0.15, 0.2) is 35.8 Å². The maximum atomic E-state index is 12.5. The molecule has 0 radical (unpaired) electrons. The molecule has 1 aromatic carbocycles. The number of aryl methyl sites for hydroxylation is 2. The van der Waals surface area contributed by atoms with Crippen LogP contribution in [-0.4, -0.2) is 27.8 Å². The van der Waals surface area contributed by atoms with Gasteiger partial charge < -0.3 is 4.90 Å². The number of aromatic nitrogens is 2. The molecule has 0 atom stereocenters. The minimum Gasteiger partial charge on any atom is -0.335 e. The lowest BCUT2D eigenvalue weighted by Gasteiger charge is -2.14. The fourth-order valence-corrected chi connectivity index (χ4v) is 4.02. The van der Waals surface area contributed by atoms with Crippen molar-refractivity contribution < 1.29 is 4.79 Å². The summed E-state index contributed by atoms with van der Waals surface area (Å²) in [4.78, 5) is 24.0. The molecule has 3 rings (SSSR count). The van der Waals surface area contributed by atoms with Crippen LogP contribution in [0.2, 0.25) is 0 Å². The van der Waals surface area contributed by atoms with Gasteiger partial charge in [0.05, 0.1) is 11.6 Å². The predicted octanol–water partition coefficient (Wildman–Crippen LogP) is 4.16. The molecule has 23 heavy (non-hydrogen) atoms. The highest BCUT2D eigenvalue weighted by molar-refractivity contribution is 7.13. The molecule has 0 aliphatic heterocycles. The van der Waals surface area contributed by atoms with Gasteiger partial charge in [0.25, 0.3) is 5.91 Å². The molecular formula is C17H17N3OS2. The van der Waals surface area contributed by atoms with Crippen molar-refractivity contribution in [1.82, 2.24) is 14.9 Å². The Morgan fingerprint density at radius 2 is 2.04 bits per heavy atom. The Kier molecular flexibility index (Phi) is 4.54. The van der Waals surface area contributed by atoms with Crippen molar-refractivity contribution in [2.24, 2.45) is 0 Å². The van der Waals surface area contributed by atoms with Crippen molar-refractivity contribution in [2.45, 2.75) is 20.4 Å². The molecule has 0 saturated carbocycles. The van der Waals surface area contributed by atoms with Gasteiger partial charge in [0, 0.05) is 29.1 Å². The third kappa shape index (κ3) is 3.48. The quantitative estimate of drug-likeness (QED) is 0.715. The SMILES string of the molecule is Cc1ncc(CN(C)C(=O)c2csc(-c3ccccc3C)n2)s1. The van der Waals surface area contributed by atoms with E-state index in [9.17, 15) is 4.79 Å². The number of carbonyl (C=O) groups is 1. The van der Waals surface area contributed by atoms with E-state index in [-0.39, 0.29) is 5.91 Å². The number of hydrogen-bond donors (Lipinski definition) is 0. The fourth-order valence-electron chi connectivity index (χ4n) is 2.29. The highest BCUT2D eigenvalue weighted by Crippen LogP contribution is 2.27. The summed E-state index contributed by atoms with van der Waals surface area (Å²) >= 11 is 3.11. The van der Waals surface area contributed by atoms with E-state index in [4.69, 9.17) is 0 Å². The first-order valence-corrected chi connectivity index (χ1v) is 8.92. The van der Waals surface area contributed by atoms with Crippen molar-refractivity contribution in [3.05, 3.63) is 57.0 Å². The molecule has 0 fully saturated rings. The third-order valence-corrected chi connectivity index (χ3v) is 5.28. The second-order valence-electron chi connectivity index (χ2n) is 5.36. The normalized spacial score (nSPS) is 10.7. The molecule has 2 aromatic heterocycles. The number of benzene rings is 1. The molecule has 3 aromatic rings. The van der Waals surface area contributed by atoms with Gasteiger partial charge in [-0.05, 0) is 19.4 Å². The standard InChI is InChI=1S/C17H17N3OS2/c1-11-6-4-5-7-14(11)16-19-15(10-22-16)17(21)20(3)9-13-8-18-12(2)23-13/h4-8,10H,9H2,1-3H3. The Balaban J connectivity index is 1.77. The van der Waals surface area contributed by atoms with Gasteiger partial charge in [-0.3, -0.25) is 4.79 Å². The zero-order chi connectivity index (χ0) is 16.4. The summed E-state index contributed by atoms with van der Waals surface area (Å²) in [6, 6.07) is 8.08. The second-order valence-corrected chi connectivity index (χ2v) is 7.54. The monoisotopic (exact) mass is 343 g/mol. The zero-order valence-electron chi connectivity index (χ0n) is 13.2. The molecule has 2 heterocycles. The third-order valence-electron chi connectivity index (χ3n) is 3.51. The van der Waals surface area contributed by atoms with Gasteiger partial charge in [0.2, 0.25) is 0 Å². The highest BCUT2D eigenvalue weighted by atomic mass is 32.1. The van der Waals surface area contributed by atoms with E-state index in [2.05, 4.69) is 23.0 Å². The zero-order valence-corrected chi connectivity index (χ0v) is 14.9. The molecule has 0 unspecified atom stereocenters. The van der Waals surface area contributed by atoms with E-state index in [1.165, 1.54) is 11.3 Å². The van der Waals surface area contributed by atoms with Crippen LogP contribution < -0.4 is 0 Å². The van der Waals surface area contributed by atoms with Crippen molar-refractivity contribution in [1.29, 1.82) is 0 Å². The van der Waals surface area contributed by atoms with Crippen LogP contribution in [0.3, 0.4) is 0 Å². The van der Waals surface area contributed by atoms with E-state index in [1.807, 2.05) is 36.7 Å². The average Bonchev–Trinajstić information content (AvgIpc) is 3.16. The molecule has 0 saturated heterocycles. The number of nitrogens with zero attached hydrogens (tertiary/aromatic N) is 3. The summed E-state index contributed by atoms with van der Waals surface area (Å²) in [5, 5.41) is 3.73. The Hall–Kier alpha value is -2.05. The molecule has 118 valence electrons. The highest BCUT2D eigenvalue weighted by Gasteiger charge is 2.17. The summed E-state index contributed by atoms with van der Waals surface area (Å²) in [6.45, 7) is 4.57. The molecule has 0 bridgehead atoms. The maximum Gasteiger partial charge on any atom is 0.273 e. The van der Waals surface area contributed by atoms with Gasteiger partial charge in [-0.15, -0.1) is 22.7 Å². The van der Waals surface area contributed by atoms with Gasteiger partial charge >= 0.3 is 0 Å². The van der Waals surface area contributed by atoms with Crippen molar-refractivity contribution in [2.75, 3.05) is 7.05 Å². The van der Waals surface area contributed by atoms with Gasteiger partial charge in [0.15, 0.2) is 0 Å². The van der Waals surface area contributed by atoms with Crippen LogP contribution in [-0.2, 0) is 6.54 Å². The number of hydrogen-bond acceptors (Lipinski definition) is 5. The van der Waals surface area contributed by atoms with E-state index < -0.39 is 0 Å². The largest absolute Gasteiger partial charge is 0.335 e. The topological polar surface area (TPSA) is 46.1 Å². The summed E-state index contributed by atoms with van der Waals surface area (Å²) in [5.74, 6) is -0.0628. The fraction of sp³-hybridized carbons (Fsp3) is 0.235. The van der Waals surface area contributed by atoms with Crippen LogP contribution in [0, 0.1) is 13.8 Å². The van der Waals surface area contributed by atoms with E-state index in [0.29, 0.717) is 12.2 Å². The molecule has 0 aliphatic carbocycles. The molecule has 0 aliphatic rings. The Morgan fingerprint density at radius 1 is 1.26 bits per heavy atom. The van der Waals surface area contributed by atoms with Gasteiger partial charge in [-0.2, -0.15) is 0 Å². The Bertz CT molecular complexity index is 838. The molecule has 1 amide bonds. The lowest BCUT2D eigenvalue weighted by molar-refractivity contribution is 0.0781. The van der Waals surface area contributed by atoms with E-state index in [1.54, 1.807) is 23.3 Å². The lowest BCUT2D eigenvalue weighted by Crippen LogP contribution is -2.26. The van der Waals surface area contributed by atoms with Gasteiger partial charge in [-0.1, -0.05) is 24.3 Å². The van der Waals surface area contributed by atoms with Crippen LogP contribution in [0.4, 0.5) is 0 Å². The summed E-state index contributed by atoms with van der Waals surface area (Å²) in [7, 11) is 1.80. The van der Waals surface area contributed by atoms with Crippen molar-refractivity contribution in [3.63, 3.8) is 0 Å². The van der Waals surface area contributed by atoms with Crippen molar-refractivity contribution >= 4 is 28.6 Å². The van der Waals surface area contributed by atoms with E-state index in [0.717, 1.165) is 26.0 Å². The molecule has 0 spiro atoms. The number of thiazole rings is 2. The summed E-state index contributed by atoms with van der Waals surface area (Å²) < 4.78 is 0. The lowest BCUT2D eigenvalue weighted by atomic mass is 10.1. The molecular weight excluding hydrogens is 326 g/mol. The first kappa shape index (κ1) is 15.8. The number of amides is 1. The number of rotatable bonds is 4. The first-order valence-electron chi connectivity index (χ1n) is 7.23. The molecule has 6 heteroatoms. The second kappa shape index (κ2) is 6.60. The Labute approximate surface area is 143 Å². The smallest absolute Gasteiger partial charge is 0.273 e. The van der Waals surface area contributed by atoms with Gasteiger partial charge in [0.1, 0.15) is 10.7 Å². The molecule has 0 N–H and O–H groups in total. The van der Waals surface area contributed by atoms with E-state index >= 15 is 0 Å². The van der Waals surface area contributed by atoms with Crippen LogP contribution in [0.25, 0.3) is 10.6 Å². The number of carbonyl (C=O) groups excluding carboxylic acids is 1. The summed E-state index contributed by atoms with van der Waals surface area (Å²) in [5.41, 5.74) is 2.74. The first-order chi connectivity index (χ1) is 11.0. The van der Waals surface area contributed by atoms with Crippen molar-refractivity contribution in [3.8, 4) is 10.6 Å². The maximum absolute atomic E-state index is 12.5. The van der Waals surface area contributed by atoms with Crippen LogP contribution >= 0.6 is 22.7 Å². The van der Waals surface area contributed by atoms with Crippen LogP contribution in [0.1, 0.15) is 25.9 Å². The summed E-state index contributed by atoms with van der Waals surface area (Å²) in [6.07, 6.45) is 1.82.